The Labute approximate surface area is 117 Å². The smallest absolute Gasteiger partial charge is 0.406 e. The van der Waals surface area contributed by atoms with Gasteiger partial charge in [0.05, 0.1) is 0 Å². The van der Waals surface area contributed by atoms with Gasteiger partial charge in [0.25, 0.3) is 0 Å². The van der Waals surface area contributed by atoms with Gasteiger partial charge in [0, 0.05) is 6.04 Å². The molecule has 106 valence electrons. The Kier molecular flexibility index (Phi) is 5.22. The lowest BCUT2D eigenvalue weighted by Gasteiger charge is -2.14. The molecule has 7 heteroatoms. The van der Waals surface area contributed by atoms with E-state index < -0.39 is 11.2 Å². The second-order valence-corrected chi connectivity index (χ2v) is 5.06. The summed E-state index contributed by atoms with van der Waals surface area (Å²) < 4.78 is 39.7. The van der Waals surface area contributed by atoms with E-state index in [9.17, 15) is 18.0 Å². The van der Waals surface area contributed by atoms with Crippen LogP contribution in [0.1, 0.15) is 24.2 Å². The van der Waals surface area contributed by atoms with Crippen LogP contribution in [0.5, 0.6) is 5.75 Å². The van der Waals surface area contributed by atoms with E-state index in [4.69, 9.17) is 0 Å². The molecule has 0 aromatic heterocycles. The maximum absolute atomic E-state index is 12.0. The van der Waals surface area contributed by atoms with Gasteiger partial charge in [0.1, 0.15) is 10.6 Å². The molecule has 1 aromatic carbocycles. The van der Waals surface area contributed by atoms with Gasteiger partial charge < -0.3 is 10.1 Å². The molecule has 1 rings (SSSR count). The third-order valence-electron chi connectivity index (χ3n) is 2.07. The van der Waals surface area contributed by atoms with Gasteiger partial charge in [-0.05, 0) is 31.5 Å². The molecule has 0 saturated heterocycles. The van der Waals surface area contributed by atoms with Crippen LogP contribution in [-0.4, -0.2) is 18.3 Å². The van der Waals surface area contributed by atoms with Gasteiger partial charge in [0.15, 0.2) is 0 Å². The highest BCUT2D eigenvalue weighted by molar-refractivity contribution is 9.09. The molecule has 19 heavy (non-hydrogen) atoms. The van der Waals surface area contributed by atoms with Crippen LogP contribution < -0.4 is 10.1 Å². The third kappa shape index (κ3) is 5.50. The average Bonchev–Trinajstić information content (AvgIpc) is 2.26. The predicted octanol–water partition coefficient (Wildman–Crippen LogP) is 3.55. The second-order valence-electron chi connectivity index (χ2n) is 4.14. The SMILES string of the molecule is CC(C)NC(=O)C(Br)c1ccc(OC(F)(F)F)cc1. The molecule has 0 aliphatic heterocycles. The second kappa shape index (κ2) is 6.27. The monoisotopic (exact) mass is 339 g/mol. The van der Waals surface area contributed by atoms with Gasteiger partial charge >= 0.3 is 6.36 Å². The van der Waals surface area contributed by atoms with E-state index in [1.54, 1.807) is 0 Å². The molecule has 0 radical (unpaired) electrons. The Morgan fingerprint density at radius 1 is 1.26 bits per heavy atom. The van der Waals surface area contributed by atoms with Crippen LogP contribution in [0.25, 0.3) is 0 Å². The Morgan fingerprint density at radius 2 is 1.79 bits per heavy atom. The van der Waals surface area contributed by atoms with Crippen molar-refractivity contribution in [2.75, 3.05) is 0 Å². The van der Waals surface area contributed by atoms with E-state index in [1.165, 1.54) is 24.3 Å². The van der Waals surface area contributed by atoms with Crippen molar-refractivity contribution < 1.29 is 22.7 Å². The van der Waals surface area contributed by atoms with Crippen LogP contribution in [0.4, 0.5) is 13.2 Å². The largest absolute Gasteiger partial charge is 0.573 e. The molecule has 0 aliphatic carbocycles. The van der Waals surface area contributed by atoms with Gasteiger partial charge in [0.2, 0.25) is 5.91 Å². The van der Waals surface area contributed by atoms with Crippen molar-refractivity contribution in [3.8, 4) is 5.75 Å². The highest BCUT2D eigenvalue weighted by atomic mass is 79.9. The molecular formula is C12H13BrF3NO2. The Hall–Kier alpha value is -1.24. The van der Waals surface area contributed by atoms with Crippen molar-refractivity contribution in [2.45, 2.75) is 31.1 Å². The first-order valence-electron chi connectivity index (χ1n) is 5.49. The molecule has 0 spiro atoms. The predicted molar refractivity (Wildman–Crippen MR) is 68.1 cm³/mol. The zero-order valence-electron chi connectivity index (χ0n) is 10.3. The van der Waals surface area contributed by atoms with Crippen LogP contribution >= 0.6 is 15.9 Å². The summed E-state index contributed by atoms with van der Waals surface area (Å²) in [4.78, 5) is 11.1. The number of halogens is 4. The van der Waals surface area contributed by atoms with Crippen molar-refractivity contribution in [1.82, 2.24) is 5.32 Å². The Morgan fingerprint density at radius 3 is 2.21 bits per heavy atom. The number of hydrogen-bond acceptors (Lipinski definition) is 2. The highest BCUT2D eigenvalue weighted by Gasteiger charge is 2.31. The fraction of sp³-hybridized carbons (Fsp3) is 0.417. The fourth-order valence-corrected chi connectivity index (χ4v) is 1.78. The minimum atomic E-state index is -4.72. The summed E-state index contributed by atoms with van der Waals surface area (Å²) >= 11 is 3.19. The number of nitrogens with one attached hydrogen (secondary N) is 1. The molecule has 1 amide bonds. The molecule has 1 N–H and O–H groups in total. The first-order chi connectivity index (χ1) is 8.69. The lowest BCUT2D eigenvalue weighted by Crippen LogP contribution is -2.32. The summed E-state index contributed by atoms with van der Waals surface area (Å²) in [5, 5.41) is 2.70. The van der Waals surface area contributed by atoms with Crippen molar-refractivity contribution in [1.29, 1.82) is 0 Å². The van der Waals surface area contributed by atoms with E-state index in [0.717, 1.165) is 0 Å². The zero-order chi connectivity index (χ0) is 14.6. The molecule has 1 atom stereocenters. The molecule has 0 bridgehead atoms. The molecule has 3 nitrogen and oxygen atoms in total. The van der Waals surface area contributed by atoms with E-state index in [0.29, 0.717) is 5.56 Å². The Bertz CT molecular complexity index is 432. The summed E-state index contributed by atoms with van der Waals surface area (Å²) in [5.74, 6) is -0.570. The maximum atomic E-state index is 12.0. The zero-order valence-corrected chi connectivity index (χ0v) is 11.9. The topological polar surface area (TPSA) is 38.3 Å². The van der Waals surface area contributed by atoms with E-state index in [2.05, 4.69) is 26.0 Å². The first-order valence-corrected chi connectivity index (χ1v) is 6.41. The van der Waals surface area contributed by atoms with Crippen molar-refractivity contribution in [2.24, 2.45) is 0 Å². The average molecular weight is 340 g/mol. The van der Waals surface area contributed by atoms with E-state index in [1.807, 2.05) is 13.8 Å². The quantitative estimate of drug-likeness (QED) is 0.852. The lowest BCUT2D eigenvalue weighted by atomic mass is 10.1. The van der Waals surface area contributed by atoms with Crippen LogP contribution in [0.3, 0.4) is 0 Å². The van der Waals surface area contributed by atoms with Crippen LogP contribution in [-0.2, 0) is 4.79 Å². The van der Waals surface area contributed by atoms with E-state index >= 15 is 0 Å². The number of amides is 1. The fourth-order valence-electron chi connectivity index (χ4n) is 1.35. The Balaban J connectivity index is 2.73. The lowest BCUT2D eigenvalue weighted by molar-refractivity contribution is -0.274. The molecule has 0 saturated carbocycles. The maximum Gasteiger partial charge on any atom is 0.573 e. The molecule has 1 unspecified atom stereocenters. The minimum absolute atomic E-state index is 0.0135. The van der Waals surface area contributed by atoms with Gasteiger partial charge in [-0.15, -0.1) is 13.2 Å². The molecule has 1 aromatic rings. The van der Waals surface area contributed by atoms with Crippen molar-refractivity contribution in [3.05, 3.63) is 29.8 Å². The van der Waals surface area contributed by atoms with Gasteiger partial charge in [-0.2, -0.15) is 0 Å². The molecule has 0 fully saturated rings. The number of carbonyl (C=O) groups is 1. The summed E-state index contributed by atoms with van der Waals surface area (Å²) in [6.45, 7) is 3.63. The van der Waals surface area contributed by atoms with Gasteiger partial charge in [-0.1, -0.05) is 28.1 Å². The summed E-state index contributed by atoms with van der Waals surface area (Å²) in [5.41, 5.74) is 0.549. The summed E-state index contributed by atoms with van der Waals surface area (Å²) in [6, 6.07) is 5.13. The number of benzene rings is 1. The minimum Gasteiger partial charge on any atom is -0.406 e. The highest BCUT2D eigenvalue weighted by Crippen LogP contribution is 2.27. The summed E-state index contributed by atoms with van der Waals surface area (Å²) in [6.07, 6.45) is -4.72. The number of rotatable bonds is 4. The number of hydrogen-bond donors (Lipinski definition) is 1. The van der Waals surface area contributed by atoms with Crippen LogP contribution in [0, 0.1) is 0 Å². The van der Waals surface area contributed by atoms with Gasteiger partial charge in [-0.25, -0.2) is 0 Å². The number of carbonyl (C=O) groups excluding carboxylic acids is 1. The standard InChI is InChI=1S/C12H13BrF3NO2/c1-7(2)17-11(18)10(13)8-3-5-9(6-4-8)19-12(14,15)16/h3-7,10H,1-2H3,(H,17,18). The third-order valence-corrected chi connectivity index (χ3v) is 3.01. The molecule has 0 heterocycles. The van der Waals surface area contributed by atoms with Gasteiger partial charge in [-0.3, -0.25) is 4.79 Å². The number of alkyl halides is 4. The van der Waals surface area contributed by atoms with Crippen molar-refractivity contribution in [3.63, 3.8) is 0 Å². The first kappa shape index (κ1) is 15.8. The molecule has 0 aliphatic rings. The molecular weight excluding hydrogens is 327 g/mol. The summed E-state index contributed by atoms with van der Waals surface area (Å²) in [7, 11) is 0. The van der Waals surface area contributed by atoms with Crippen molar-refractivity contribution >= 4 is 21.8 Å². The van der Waals surface area contributed by atoms with E-state index in [-0.39, 0.29) is 17.7 Å². The van der Waals surface area contributed by atoms with Crippen LogP contribution in [0.15, 0.2) is 24.3 Å². The number of ether oxygens (including phenoxy) is 1. The van der Waals surface area contributed by atoms with Crippen LogP contribution in [0.2, 0.25) is 0 Å². The normalized spacial score (nSPS) is 13.2.